The largest absolute Gasteiger partial charge is 0.478 e. The van der Waals surface area contributed by atoms with Crippen molar-refractivity contribution in [3.63, 3.8) is 0 Å². The van der Waals surface area contributed by atoms with Crippen molar-refractivity contribution in [1.82, 2.24) is 15.0 Å². The molecule has 0 bridgehead atoms. The average molecular weight is 281 g/mol. The summed E-state index contributed by atoms with van der Waals surface area (Å²) < 4.78 is 1.36. The second kappa shape index (κ2) is 5.49. The van der Waals surface area contributed by atoms with Crippen LogP contribution in [-0.2, 0) is 11.3 Å². The third-order valence-electron chi connectivity index (χ3n) is 2.27. The summed E-state index contributed by atoms with van der Waals surface area (Å²) in [4.78, 5) is 22.4. The molecule has 1 heterocycles. The quantitative estimate of drug-likeness (QED) is 0.879. The van der Waals surface area contributed by atoms with E-state index in [1.807, 2.05) is 0 Å². The van der Waals surface area contributed by atoms with E-state index in [1.165, 1.54) is 29.1 Å². The van der Waals surface area contributed by atoms with Gasteiger partial charge in [-0.05, 0) is 18.2 Å². The summed E-state index contributed by atoms with van der Waals surface area (Å²) in [5, 5.41) is 18.7. The van der Waals surface area contributed by atoms with Crippen LogP contribution < -0.4 is 5.32 Å². The van der Waals surface area contributed by atoms with Gasteiger partial charge in [-0.25, -0.2) is 9.48 Å². The highest BCUT2D eigenvalue weighted by Crippen LogP contribution is 2.23. The van der Waals surface area contributed by atoms with E-state index < -0.39 is 5.97 Å². The molecule has 1 aromatic carbocycles. The van der Waals surface area contributed by atoms with Crippen LogP contribution in [0.1, 0.15) is 10.4 Å². The SMILES string of the molecule is O=C(Cn1ccnn1)Nc1ccc(C(=O)O)cc1Cl. The fraction of sp³-hybridized carbons (Fsp3) is 0.0909. The van der Waals surface area contributed by atoms with E-state index in [9.17, 15) is 9.59 Å². The highest BCUT2D eigenvalue weighted by Gasteiger charge is 2.10. The van der Waals surface area contributed by atoms with E-state index in [0.29, 0.717) is 5.69 Å². The molecule has 0 radical (unpaired) electrons. The van der Waals surface area contributed by atoms with E-state index in [1.54, 1.807) is 6.20 Å². The molecule has 0 fully saturated rings. The predicted octanol–water partition coefficient (Wildman–Crippen LogP) is 1.27. The lowest BCUT2D eigenvalue weighted by atomic mass is 10.2. The van der Waals surface area contributed by atoms with Crippen molar-refractivity contribution in [3.05, 3.63) is 41.2 Å². The number of halogens is 1. The lowest BCUT2D eigenvalue weighted by Crippen LogP contribution is -2.19. The number of carbonyl (C=O) groups excluding carboxylic acids is 1. The van der Waals surface area contributed by atoms with Crippen molar-refractivity contribution >= 4 is 29.2 Å². The molecule has 2 N–H and O–H groups in total. The van der Waals surface area contributed by atoms with Crippen LogP contribution in [0.5, 0.6) is 0 Å². The van der Waals surface area contributed by atoms with Gasteiger partial charge in [0.25, 0.3) is 0 Å². The van der Waals surface area contributed by atoms with Crippen molar-refractivity contribution < 1.29 is 14.7 Å². The number of carboxylic acids is 1. The van der Waals surface area contributed by atoms with Gasteiger partial charge < -0.3 is 10.4 Å². The Morgan fingerprint density at radius 3 is 2.79 bits per heavy atom. The number of anilines is 1. The van der Waals surface area contributed by atoms with Crippen LogP contribution in [0.15, 0.2) is 30.6 Å². The van der Waals surface area contributed by atoms with E-state index >= 15 is 0 Å². The highest BCUT2D eigenvalue weighted by atomic mass is 35.5. The third-order valence-corrected chi connectivity index (χ3v) is 2.58. The molecule has 2 rings (SSSR count). The Hall–Kier alpha value is -2.41. The number of rotatable bonds is 4. The molecule has 0 unspecified atom stereocenters. The van der Waals surface area contributed by atoms with Gasteiger partial charge in [-0.2, -0.15) is 0 Å². The zero-order chi connectivity index (χ0) is 13.8. The number of hydrogen-bond acceptors (Lipinski definition) is 4. The van der Waals surface area contributed by atoms with Gasteiger partial charge in [-0.15, -0.1) is 5.10 Å². The highest BCUT2D eigenvalue weighted by molar-refractivity contribution is 6.34. The van der Waals surface area contributed by atoms with Crippen LogP contribution in [0, 0.1) is 0 Å². The number of aromatic nitrogens is 3. The van der Waals surface area contributed by atoms with Gasteiger partial charge in [0, 0.05) is 6.20 Å². The van der Waals surface area contributed by atoms with Gasteiger partial charge in [0.1, 0.15) is 6.54 Å². The van der Waals surface area contributed by atoms with E-state index in [2.05, 4.69) is 15.6 Å². The van der Waals surface area contributed by atoms with Crippen LogP contribution in [0.4, 0.5) is 5.69 Å². The molecule has 8 heteroatoms. The fourth-order valence-corrected chi connectivity index (χ4v) is 1.63. The molecule has 19 heavy (non-hydrogen) atoms. The Morgan fingerprint density at radius 2 is 2.21 bits per heavy atom. The predicted molar refractivity (Wildman–Crippen MR) is 67.1 cm³/mol. The third kappa shape index (κ3) is 3.29. The first-order valence-corrected chi connectivity index (χ1v) is 5.61. The number of benzene rings is 1. The Labute approximate surface area is 112 Å². The van der Waals surface area contributed by atoms with Gasteiger partial charge >= 0.3 is 5.97 Å². The Bertz CT molecular complexity index is 612. The van der Waals surface area contributed by atoms with Crippen LogP contribution in [-0.4, -0.2) is 32.0 Å². The summed E-state index contributed by atoms with van der Waals surface area (Å²) in [6, 6.07) is 4.07. The topological polar surface area (TPSA) is 97.1 Å². The number of aromatic carboxylic acids is 1. The van der Waals surface area contributed by atoms with Crippen molar-refractivity contribution in [2.24, 2.45) is 0 Å². The lowest BCUT2D eigenvalue weighted by Gasteiger charge is -2.07. The number of nitrogens with zero attached hydrogens (tertiary/aromatic N) is 3. The summed E-state index contributed by atoms with van der Waals surface area (Å²) in [6.07, 6.45) is 3.01. The minimum atomic E-state index is -1.08. The maximum Gasteiger partial charge on any atom is 0.335 e. The summed E-state index contributed by atoms with van der Waals surface area (Å²) in [6.45, 7) is -0.00297. The summed E-state index contributed by atoms with van der Waals surface area (Å²) in [5.74, 6) is -1.42. The number of carboxylic acid groups (broad SMARTS) is 1. The molecule has 1 aromatic heterocycles. The number of hydrogen-bond donors (Lipinski definition) is 2. The zero-order valence-corrected chi connectivity index (χ0v) is 10.3. The fourth-order valence-electron chi connectivity index (χ4n) is 1.40. The number of amides is 1. The molecule has 0 aliphatic carbocycles. The Balaban J connectivity index is 2.07. The van der Waals surface area contributed by atoms with Gasteiger partial charge in [0.15, 0.2) is 0 Å². The Kier molecular flexibility index (Phi) is 3.76. The number of nitrogens with one attached hydrogen (secondary N) is 1. The maximum absolute atomic E-state index is 11.7. The average Bonchev–Trinajstić information content (AvgIpc) is 2.84. The molecular formula is C11H9ClN4O3. The standard InChI is InChI=1S/C11H9ClN4O3/c12-8-5-7(11(18)19)1-2-9(8)14-10(17)6-16-4-3-13-15-16/h1-5H,6H2,(H,14,17)(H,18,19). The van der Waals surface area contributed by atoms with E-state index in [-0.39, 0.29) is 23.0 Å². The first kappa shape index (κ1) is 13.0. The molecule has 2 aromatic rings. The normalized spacial score (nSPS) is 10.2. The van der Waals surface area contributed by atoms with Gasteiger partial charge in [-0.1, -0.05) is 16.8 Å². The Morgan fingerprint density at radius 1 is 1.42 bits per heavy atom. The maximum atomic E-state index is 11.7. The van der Waals surface area contributed by atoms with Crippen LogP contribution in [0.3, 0.4) is 0 Å². The van der Waals surface area contributed by atoms with Gasteiger partial charge in [0.05, 0.1) is 22.5 Å². The van der Waals surface area contributed by atoms with E-state index in [0.717, 1.165) is 0 Å². The monoisotopic (exact) mass is 280 g/mol. The molecule has 1 amide bonds. The van der Waals surface area contributed by atoms with Crippen molar-refractivity contribution in [1.29, 1.82) is 0 Å². The van der Waals surface area contributed by atoms with Gasteiger partial charge in [-0.3, -0.25) is 4.79 Å². The summed E-state index contributed by atoms with van der Waals surface area (Å²) >= 11 is 5.89. The zero-order valence-electron chi connectivity index (χ0n) is 9.58. The minimum Gasteiger partial charge on any atom is -0.478 e. The first-order chi connectivity index (χ1) is 9.06. The molecule has 0 atom stereocenters. The first-order valence-electron chi connectivity index (χ1n) is 5.23. The molecule has 7 nitrogen and oxygen atoms in total. The molecule has 0 spiro atoms. The molecule has 0 aliphatic rings. The van der Waals surface area contributed by atoms with Crippen LogP contribution in [0.2, 0.25) is 5.02 Å². The molecular weight excluding hydrogens is 272 g/mol. The summed E-state index contributed by atoms with van der Waals surface area (Å²) in [5.41, 5.74) is 0.399. The lowest BCUT2D eigenvalue weighted by molar-refractivity contribution is -0.116. The molecule has 0 saturated heterocycles. The minimum absolute atomic E-state index is 0.00297. The second-order valence-electron chi connectivity index (χ2n) is 3.65. The van der Waals surface area contributed by atoms with Crippen molar-refractivity contribution in [2.45, 2.75) is 6.54 Å². The van der Waals surface area contributed by atoms with Crippen molar-refractivity contribution in [3.8, 4) is 0 Å². The summed E-state index contributed by atoms with van der Waals surface area (Å²) in [7, 11) is 0. The van der Waals surface area contributed by atoms with Gasteiger partial charge in [0.2, 0.25) is 5.91 Å². The van der Waals surface area contributed by atoms with Crippen LogP contribution in [0.25, 0.3) is 0 Å². The molecule has 0 saturated carbocycles. The second-order valence-corrected chi connectivity index (χ2v) is 4.06. The van der Waals surface area contributed by atoms with Crippen molar-refractivity contribution in [2.75, 3.05) is 5.32 Å². The van der Waals surface area contributed by atoms with Crippen LogP contribution >= 0.6 is 11.6 Å². The molecule has 0 aliphatic heterocycles. The molecule has 98 valence electrons. The van der Waals surface area contributed by atoms with E-state index in [4.69, 9.17) is 16.7 Å². The number of carbonyl (C=O) groups is 2. The smallest absolute Gasteiger partial charge is 0.335 e.